The summed E-state index contributed by atoms with van der Waals surface area (Å²) in [5, 5.41) is 0. The van der Waals surface area contributed by atoms with Gasteiger partial charge in [-0.05, 0) is 19.8 Å². The van der Waals surface area contributed by atoms with Crippen molar-refractivity contribution in [2.75, 3.05) is 46.0 Å². The molecule has 7 heteroatoms. The second-order valence-electron chi connectivity index (χ2n) is 6.39. The Morgan fingerprint density at radius 2 is 1.65 bits per heavy atom. The maximum absolute atomic E-state index is 12.7. The third-order valence-electron chi connectivity index (χ3n) is 5.02. The molecule has 3 rings (SSSR count). The lowest BCUT2D eigenvalue weighted by molar-refractivity contribution is -0.188. The zero-order valence-corrected chi connectivity index (χ0v) is 13.8. The van der Waals surface area contributed by atoms with Crippen LogP contribution in [0.3, 0.4) is 0 Å². The summed E-state index contributed by atoms with van der Waals surface area (Å²) in [6.07, 6.45) is 2.66. The van der Waals surface area contributed by atoms with Crippen molar-refractivity contribution >= 4 is 12.0 Å². The summed E-state index contributed by atoms with van der Waals surface area (Å²) in [5.41, 5.74) is 0. The van der Waals surface area contributed by atoms with E-state index in [1.165, 1.54) is 0 Å². The highest BCUT2D eigenvalue weighted by Crippen LogP contribution is 2.32. The van der Waals surface area contributed by atoms with Gasteiger partial charge in [0.2, 0.25) is 5.91 Å². The highest BCUT2D eigenvalue weighted by molar-refractivity contribution is 5.79. The Balaban J connectivity index is 1.46. The van der Waals surface area contributed by atoms with Crippen LogP contribution in [0.25, 0.3) is 0 Å². The first-order valence-electron chi connectivity index (χ1n) is 8.62. The van der Waals surface area contributed by atoms with Gasteiger partial charge in [0.05, 0.1) is 19.8 Å². The standard InChI is InChI=1S/C16H26N2O5/c1-2-21-15(20)18-7-3-13(4-8-18)14(19)17-9-5-16(6-10-17)22-11-12-23-16/h13H,2-12H2,1H3. The monoisotopic (exact) mass is 326 g/mol. The first kappa shape index (κ1) is 16.5. The van der Waals surface area contributed by atoms with Crippen LogP contribution in [0.15, 0.2) is 0 Å². The molecule has 0 aromatic carbocycles. The van der Waals surface area contributed by atoms with Gasteiger partial charge in [0.25, 0.3) is 0 Å². The molecular formula is C16H26N2O5. The van der Waals surface area contributed by atoms with E-state index < -0.39 is 5.79 Å². The molecule has 3 aliphatic heterocycles. The molecule has 0 N–H and O–H groups in total. The van der Waals surface area contributed by atoms with Crippen LogP contribution in [0.4, 0.5) is 4.79 Å². The quantitative estimate of drug-likeness (QED) is 0.763. The van der Waals surface area contributed by atoms with Crippen LogP contribution in [-0.4, -0.2) is 73.6 Å². The molecule has 3 fully saturated rings. The molecule has 0 radical (unpaired) electrons. The van der Waals surface area contributed by atoms with Crippen LogP contribution in [0, 0.1) is 5.92 Å². The topological polar surface area (TPSA) is 68.3 Å². The van der Waals surface area contributed by atoms with Crippen LogP contribution in [-0.2, 0) is 19.0 Å². The van der Waals surface area contributed by atoms with E-state index in [0.717, 1.165) is 12.8 Å². The summed E-state index contributed by atoms with van der Waals surface area (Å²) in [7, 11) is 0. The van der Waals surface area contributed by atoms with Crippen LogP contribution in [0.5, 0.6) is 0 Å². The smallest absolute Gasteiger partial charge is 0.409 e. The van der Waals surface area contributed by atoms with Crippen molar-refractivity contribution in [1.29, 1.82) is 0 Å². The second-order valence-corrected chi connectivity index (χ2v) is 6.39. The Morgan fingerprint density at radius 1 is 1.04 bits per heavy atom. The Hall–Kier alpha value is -1.34. The van der Waals surface area contributed by atoms with Crippen molar-refractivity contribution in [3.8, 4) is 0 Å². The summed E-state index contributed by atoms with van der Waals surface area (Å²) < 4.78 is 16.4. The SMILES string of the molecule is CCOC(=O)N1CCC(C(=O)N2CCC3(CC2)OCCO3)CC1. The number of nitrogens with zero attached hydrogens (tertiary/aromatic N) is 2. The van der Waals surface area contributed by atoms with Gasteiger partial charge in [-0.2, -0.15) is 0 Å². The number of piperidine rings is 2. The number of amides is 2. The summed E-state index contributed by atoms with van der Waals surface area (Å²) in [6, 6.07) is 0. The van der Waals surface area contributed by atoms with Crippen molar-refractivity contribution < 1.29 is 23.8 Å². The van der Waals surface area contributed by atoms with E-state index in [1.54, 1.807) is 11.8 Å². The summed E-state index contributed by atoms with van der Waals surface area (Å²) >= 11 is 0. The van der Waals surface area contributed by atoms with Gasteiger partial charge in [0.1, 0.15) is 0 Å². The number of hydrogen-bond acceptors (Lipinski definition) is 5. The highest BCUT2D eigenvalue weighted by atomic mass is 16.7. The van der Waals surface area contributed by atoms with E-state index in [9.17, 15) is 9.59 Å². The third kappa shape index (κ3) is 3.61. The first-order valence-corrected chi connectivity index (χ1v) is 8.62. The number of hydrogen-bond donors (Lipinski definition) is 0. The molecule has 0 atom stereocenters. The molecule has 0 bridgehead atoms. The molecule has 3 saturated heterocycles. The van der Waals surface area contributed by atoms with E-state index >= 15 is 0 Å². The fourth-order valence-electron chi connectivity index (χ4n) is 3.64. The molecule has 0 aromatic heterocycles. The molecule has 1 spiro atoms. The molecule has 23 heavy (non-hydrogen) atoms. The van der Waals surface area contributed by atoms with Crippen LogP contribution in [0.1, 0.15) is 32.6 Å². The Labute approximate surface area is 136 Å². The van der Waals surface area contributed by atoms with Crippen LogP contribution in [0.2, 0.25) is 0 Å². The maximum atomic E-state index is 12.7. The van der Waals surface area contributed by atoms with Crippen LogP contribution >= 0.6 is 0 Å². The zero-order valence-electron chi connectivity index (χ0n) is 13.8. The molecule has 0 unspecified atom stereocenters. The minimum absolute atomic E-state index is 0.0140. The number of rotatable bonds is 2. The Morgan fingerprint density at radius 3 is 2.22 bits per heavy atom. The second kappa shape index (κ2) is 7.05. The van der Waals surface area contributed by atoms with Crippen molar-refractivity contribution in [1.82, 2.24) is 9.80 Å². The van der Waals surface area contributed by atoms with Crippen LogP contribution < -0.4 is 0 Å². The predicted molar refractivity (Wildman–Crippen MR) is 81.8 cm³/mol. The van der Waals surface area contributed by atoms with Gasteiger partial charge in [-0.15, -0.1) is 0 Å². The van der Waals surface area contributed by atoms with Gasteiger partial charge in [-0.1, -0.05) is 0 Å². The van der Waals surface area contributed by atoms with Gasteiger partial charge < -0.3 is 24.0 Å². The Kier molecular flexibility index (Phi) is 5.06. The maximum Gasteiger partial charge on any atom is 0.409 e. The fourth-order valence-corrected chi connectivity index (χ4v) is 3.64. The van der Waals surface area contributed by atoms with Crippen molar-refractivity contribution in [3.05, 3.63) is 0 Å². The normalized spacial score (nSPS) is 24.9. The van der Waals surface area contributed by atoms with Gasteiger partial charge in [0.15, 0.2) is 5.79 Å². The van der Waals surface area contributed by atoms with E-state index in [1.807, 2.05) is 4.90 Å². The number of ether oxygens (including phenoxy) is 3. The van der Waals surface area contributed by atoms with Crippen molar-refractivity contribution in [2.45, 2.75) is 38.4 Å². The predicted octanol–water partition coefficient (Wildman–Crippen LogP) is 1.22. The third-order valence-corrected chi connectivity index (χ3v) is 5.02. The molecule has 0 saturated carbocycles. The number of carbonyl (C=O) groups is 2. The molecule has 0 aromatic rings. The summed E-state index contributed by atoms with van der Waals surface area (Å²) in [6.45, 7) is 6.07. The summed E-state index contributed by atoms with van der Waals surface area (Å²) in [5.74, 6) is -0.217. The van der Waals surface area contributed by atoms with Gasteiger partial charge in [-0.3, -0.25) is 4.79 Å². The average molecular weight is 326 g/mol. The van der Waals surface area contributed by atoms with Crippen molar-refractivity contribution in [3.63, 3.8) is 0 Å². The Bertz CT molecular complexity index is 432. The number of likely N-dealkylation sites (tertiary alicyclic amines) is 2. The molecular weight excluding hydrogens is 300 g/mol. The minimum atomic E-state index is -0.440. The van der Waals surface area contributed by atoms with Gasteiger partial charge >= 0.3 is 6.09 Å². The molecule has 0 aliphatic carbocycles. The lowest BCUT2D eigenvalue weighted by Gasteiger charge is -2.40. The molecule has 7 nitrogen and oxygen atoms in total. The largest absolute Gasteiger partial charge is 0.450 e. The first-order chi connectivity index (χ1) is 11.1. The van der Waals surface area contributed by atoms with Gasteiger partial charge in [-0.25, -0.2) is 4.79 Å². The average Bonchev–Trinajstić information content (AvgIpc) is 3.03. The minimum Gasteiger partial charge on any atom is -0.450 e. The zero-order chi connectivity index (χ0) is 16.3. The molecule has 130 valence electrons. The van der Waals surface area contributed by atoms with E-state index in [2.05, 4.69) is 0 Å². The van der Waals surface area contributed by atoms with E-state index in [4.69, 9.17) is 14.2 Å². The van der Waals surface area contributed by atoms with Crippen molar-refractivity contribution in [2.24, 2.45) is 5.92 Å². The lowest BCUT2D eigenvalue weighted by atomic mass is 9.94. The molecule has 2 amide bonds. The summed E-state index contributed by atoms with van der Waals surface area (Å²) in [4.78, 5) is 28.0. The van der Waals surface area contributed by atoms with E-state index in [-0.39, 0.29) is 17.9 Å². The van der Waals surface area contributed by atoms with E-state index in [0.29, 0.717) is 58.8 Å². The molecule has 3 aliphatic rings. The van der Waals surface area contributed by atoms with Gasteiger partial charge in [0, 0.05) is 44.9 Å². The number of carbonyl (C=O) groups excluding carboxylic acids is 2. The lowest BCUT2D eigenvalue weighted by Crippen LogP contribution is -2.50. The highest BCUT2D eigenvalue weighted by Gasteiger charge is 2.42. The molecule has 3 heterocycles. The fraction of sp³-hybridized carbons (Fsp3) is 0.875.